The van der Waals surface area contributed by atoms with Gasteiger partial charge in [-0.1, -0.05) is 17.8 Å². The molecule has 0 saturated heterocycles. The zero-order valence-electron chi connectivity index (χ0n) is 15.6. The fourth-order valence-electron chi connectivity index (χ4n) is 3.45. The predicted octanol–water partition coefficient (Wildman–Crippen LogP) is 3.73. The molecule has 0 spiro atoms. The van der Waals surface area contributed by atoms with Crippen LogP contribution in [0.2, 0.25) is 0 Å². The highest BCUT2D eigenvalue weighted by Gasteiger charge is 2.18. The first kappa shape index (κ1) is 18.9. The lowest BCUT2D eigenvalue weighted by Gasteiger charge is -2.07. The van der Waals surface area contributed by atoms with E-state index < -0.39 is 11.4 Å². The van der Waals surface area contributed by atoms with Crippen LogP contribution in [-0.2, 0) is 12.8 Å². The molecule has 1 aromatic carbocycles. The molecular weight excluding hydrogens is 379 g/mol. The van der Waals surface area contributed by atoms with E-state index in [0.717, 1.165) is 37.1 Å². The molecule has 0 atom stereocenters. The number of hydrogen-bond donors (Lipinski definition) is 2. The van der Waals surface area contributed by atoms with Crippen LogP contribution in [0.4, 0.5) is 4.39 Å². The van der Waals surface area contributed by atoms with Crippen LogP contribution in [0, 0.1) is 12.7 Å². The van der Waals surface area contributed by atoms with Gasteiger partial charge in [0.15, 0.2) is 16.8 Å². The molecule has 0 unspecified atom stereocenters. The van der Waals surface area contributed by atoms with Crippen molar-refractivity contribution >= 4 is 28.4 Å². The summed E-state index contributed by atoms with van der Waals surface area (Å²) in [6.07, 6.45) is 5.19. The van der Waals surface area contributed by atoms with Gasteiger partial charge in [0.25, 0.3) is 5.56 Å². The summed E-state index contributed by atoms with van der Waals surface area (Å²) in [5, 5.41) is 0.419. The summed E-state index contributed by atoms with van der Waals surface area (Å²) in [6, 6.07) is 3.26. The van der Waals surface area contributed by atoms with Crippen molar-refractivity contribution in [3.63, 3.8) is 0 Å². The number of rotatable bonds is 6. The Labute approximate surface area is 165 Å². The topological polar surface area (TPSA) is 91.5 Å². The van der Waals surface area contributed by atoms with Crippen LogP contribution >= 0.6 is 11.8 Å². The average Bonchev–Trinajstić information content (AvgIpc) is 3.12. The third-order valence-corrected chi connectivity index (χ3v) is 5.95. The van der Waals surface area contributed by atoms with Crippen molar-refractivity contribution in [1.82, 2.24) is 19.9 Å². The van der Waals surface area contributed by atoms with Crippen LogP contribution < -0.4 is 5.56 Å². The molecule has 2 N–H and O–H groups in total. The van der Waals surface area contributed by atoms with E-state index in [-0.39, 0.29) is 11.2 Å². The van der Waals surface area contributed by atoms with Gasteiger partial charge in [0.2, 0.25) is 0 Å². The molecule has 4 rings (SSSR count). The number of halogens is 1. The second-order valence-electron chi connectivity index (χ2n) is 7.05. The van der Waals surface area contributed by atoms with Crippen LogP contribution in [0.5, 0.6) is 0 Å². The van der Waals surface area contributed by atoms with E-state index in [4.69, 9.17) is 0 Å². The first-order valence-electron chi connectivity index (χ1n) is 9.46. The molecule has 0 saturated carbocycles. The van der Waals surface area contributed by atoms with E-state index in [2.05, 4.69) is 19.9 Å². The molecule has 8 heteroatoms. The Balaban J connectivity index is 1.36. The van der Waals surface area contributed by atoms with Gasteiger partial charge in [-0.05, 0) is 50.7 Å². The number of carbonyl (C=O) groups is 1. The summed E-state index contributed by atoms with van der Waals surface area (Å²) in [4.78, 5) is 39.1. The second-order valence-corrected chi connectivity index (χ2v) is 8.14. The van der Waals surface area contributed by atoms with Gasteiger partial charge in [0.05, 0.1) is 11.2 Å². The minimum atomic E-state index is -0.533. The number of aromatic nitrogens is 4. The van der Waals surface area contributed by atoms with Crippen molar-refractivity contribution < 1.29 is 9.18 Å². The maximum atomic E-state index is 14.1. The molecule has 0 amide bonds. The summed E-state index contributed by atoms with van der Waals surface area (Å²) in [5.74, 6) is 0.552. The number of fused-ring (bicyclic) bond motifs is 2. The first-order chi connectivity index (χ1) is 13.5. The number of H-pyrrole nitrogens is 2. The Morgan fingerprint density at radius 3 is 2.86 bits per heavy atom. The number of nitrogens with one attached hydrogen (secondary N) is 2. The lowest BCUT2D eigenvalue weighted by Crippen LogP contribution is -2.11. The SMILES string of the molecule is Cc1ccc2nc(SCCCC(=O)c3nc4c([nH]3)CCCC4)[nH]c(=O)c2c1F. The van der Waals surface area contributed by atoms with Gasteiger partial charge >= 0.3 is 0 Å². The molecule has 2 aromatic heterocycles. The molecule has 28 heavy (non-hydrogen) atoms. The number of aromatic amines is 2. The highest BCUT2D eigenvalue weighted by Crippen LogP contribution is 2.21. The van der Waals surface area contributed by atoms with Crippen molar-refractivity contribution in [2.75, 3.05) is 5.75 Å². The molecule has 0 radical (unpaired) electrons. The minimum Gasteiger partial charge on any atom is -0.339 e. The fraction of sp³-hybridized carbons (Fsp3) is 0.400. The summed E-state index contributed by atoms with van der Waals surface area (Å²) in [6.45, 7) is 1.61. The molecule has 0 fully saturated rings. The molecule has 3 aromatic rings. The lowest BCUT2D eigenvalue weighted by atomic mass is 10.0. The molecule has 6 nitrogen and oxygen atoms in total. The highest BCUT2D eigenvalue weighted by molar-refractivity contribution is 7.99. The normalized spacial score (nSPS) is 13.6. The van der Waals surface area contributed by atoms with Crippen LogP contribution in [-0.4, -0.2) is 31.5 Å². The van der Waals surface area contributed by atoms with Gasteiger partial charge in [-0.3, -0.25) is 9.59 Å². The van der Waals surface area contributed by atoms with Gasteiger partial charge in [-0.25, -0.2) is 14.4 Å². The number of Topliss-reactive ketones (excluding diaryl/α,β-unsaturated/α-hetero) is 1. The van der Waals surface area contributed by atoms with Crippen LogP contribution in [0.1, 0.15) is 53.3 Å². The largest absolute Gasteiger partial charge is 0.339 e. The molecule has 1 aliphatic rings. The maximum absolute atomic E-state index is 14.1. The first-order valence-corrected chi connectivity index (χ1v) is 10.4. The minimum absolute atomic E-state index is 0.00695. The van der Waals surface area contributed by atoms with Gasteiger partial charge < -0.3 is 9.97 Å². The third kappa shape index (κ3) is 3.73. The number of aryl methyl sites for hydroxylation is 3. The smallest absolute Gasteiger partial charge is 0.262 e. The Kier molecular flexibility index (Phi) is 5.30. The third-order valence-electron chi connectivity index (χ3n) is 4.99. The number of imidazole rings is 1. The molecule has 146 valence electrons. The Morgan fingerprint density at radius 2 is 2.04 bits per heavy atom. The number of ketones is 1. The van der Waals surface area contributed by atoms with Crippen molar-refractivity contribution in [1.29, 1.82) is 0 Å². The number of carbonyl (C=O) groups excluding carboxylic acids is 1. The summed E-state index contributed by atoms with van der Waals surface area (Å²) in [7, 11) is 0. The van der Waals surface area contributed by atoms with E-state index in [9.17, 15) is 14.0 Å². The van der Waals surface area contributed by atoms with Crippen LogP contribution in [0.25, 0.3) is 10.9 Å². The fourth-order valence-corrected chi connectivity index (χ4v) is 4.26. The monoisotopic (exact) mass is 400 g/mol. The van der Waals surface area contributed by atoms with E-state index >= 15 is 0 Å². The number of benzene rings is 1. The van der Waals surface area contributed by atoms with E-state index in [1.807, 2.05) is 0 Å². The van der Waals surface area contributed by atoms with Gasteiger partial charge in [0, 0.05) is 17.9 Å². The summed E-state index contributed by atoms with van der Waals surface area (Å²) >= 11 is 1.35. The van der Waals surface area contributed by atoms with Crippen molar-refractivity contribution in [2.45, 2.75) is 50.6 Å². The van der Waals surface area contributed by atoms with Crippen molar-refractivity contribution in [3.05, 3.63) is 51.1 Å². The molecule has 1 aliphatic carbocycles. The van der Waals surface area contributed by atoms with E-state index in [0.29, 0.717) is 40.7 Å². The average molecular weight is 400 g/mol. The molecule has 2 heterocycles. The van der Waals surface area contributed by atoms with E-state index in [1.165, 1.54) is 11.8 Å². The molecule has 0 bridgehead atoms. The number of nitrogens with zero attached hydrogens (tertiary/aromatic N) is 2. The summed E-state index contributed by atoms with van der Waals surface area (Å²) < 4.78 is 14.1. The molecular formula is C20H21FN4O2S. The zero-order valence-corrected chi connectivity index (χ0v) is 16.4. The van der Waals surface area contributed by atoms with Crippen molar-refractivity contribution in [2.24, 2.45) is 0 Å². The predicted molar refractivity (Wildman–Crippen MR) is 107 cm³/mol. The standard InChI is InChI=1S/C20H21FN4O2S/c1-11-8-9-14-16(17(11)21)19(27)25-20(24-14)28-10-4-7-15(26)18-22-12-5-2-3-6-13(12)23-18/h8-9H,2-7,10H2,1H3,(H,22,23)(H,24,25,27). The Bertz CT molecular complexity index is 1080. The quantitative estimate of drug-likeness (QED) is 0.285. The van der Waals surface area contributed by atoms with E-state index in [1.54, 1.807) is 19.1 Å². The van der Waals surface area contributed by atoms with Crippen LogP contribution in [0.15, 0.2) is 22.1 Å². The second kappa shape index (κ2) is 7.87. The Morgan fingerprint density at radius 1 is 1.21 bits per heavy atom. The van der Waals surface area contributed by atoms with Crippen LogP contribution in [0.3, 0.4) is 0 Å². The van der Waals surface area contributed by atoms with Gasteiger partial charge in [-0.15, -0.1) is 0 Å². The number of hydrogen-bond acceptors (Lipinski definition) is 5. The zero-order chi connectivity index (χ0) is 19.7. The van der Waals surface area contributed by atoms with Gasteiger partial charge in [-0.2, -0.15) is 0 Å². The highest BCUT2D eigenvalue weighted by atomic mass is 32.2. The maximum Gasteiger partial charge on any atom is 0.262 e. The van der Waals surface area contributed by atoms with Gasteiger partial charge in [0.1, 0.15) is 11.2 Å². The Hall–Kier alpha value is -2.48. The summed E-state index contributed by atoms with van der Waals surface area (Å²) in [5.41, 5.74) is 2.41. The van der Waals surface area contributed by atoms with Crippen molar-refractivity contribution in [3.8, 4) is 0 Å². The lowest BCUT2D eigenvalue weighted by molar-refractivity contribution is 0.0972. The molecule has 0 aliphatic heterocycles. The number of thioether (sulfide) groups is 1.